The number of hydrogen-bond donors (Lipinski definition) is 2. The van der Waals surface area contributed by atoms with Crippen molar-refractivity contribution >= 4 is 34.4 Å². The van der Waals surface area contributed by atoms with Crippen molar-refractivity contribution in [2.24, 2.45) is 0 Å². The molecule has 0 bridgehead atoms. The molecule has 0 spiro atoms. The molecular weight excluding hydrogens is 384 g/mol. The van der Waals surface area contributed by atoms with E-state index in [1.807, 2.05) is 74.5 Å². The largest absolute Gasteiger partial charge is 0.353 e. The van der Waals surface area contributed by atoms with E-state index in [1.165, 1.54) is 11.8 Å². The van der Waals surface area contributed by atoms with E-state index < -0.39 is 0 Å². The standard InChI is InChI=1S/C22H20N4O2S/c1-14-8-10-17(11-9-14)26-21(28)20-18(12-15(2)23-20)25-22(26)29-13-19(27)24-16-6-4-3-5-7-16/h3-12,23H,13H2,1-2H3,(H,24,27). The zero-order valence-corrected chi connectivity index (χ0v) is 16.9. The van der Waals surface area contributed by atoms with Crippen LogP contribution < -0.4 is 10.9 Å². The van der Waals surface area contributed by atoms with Crippen LogP contribution in [0.25, 0.3) is 16.7 Å². The summed E-state index contributed by atoms with van der Waals surface area (Å²) in [5.74, 6) is -0.0153. The van der Waals surface area contributed by atoms with Crippen molar-refractivity contribution in [3.8, 4) is 5.69 Å². The number of rotatable bonds is 5. The molecule has 0 saturated carbocycles. The molecule has 0 fully saturated rings. The van der Waals surface area contributed by atoms with Gasteiger partial charge < -0.3 is 10.3 Å². The molecule has 2 heterocycles. The zero-order chi connectivity index (χ0) is 20.4. The molecule has 2 N–H and O–H groups in total. The van der Waals surface area contributed by atoms with Crippen molar-refractivity contribution in [3.05, 3.63) is 82.3 Å². The molecule has 2 aromatic heterocycles. The maximum absolute atomic E-state index is 13.2. The Labute approximate surface area is 172 Å². The molecule has 0 saturated heterocycles. The molecule has 7 heteroatoms. The summed E-state index contributed by atoms with van der Waals surface area (Å²) >= 11 is 1.24. The molecule has 29 heavy (non-hydrogen) atoms. The van der Waals surface area contributed by atoms with Crippen molar-refractivity contribution in [2.75, 3.05) is 11.1 Å². The molecule has 0 aliphatic carbocycles. The lowest BCUT2D eigenvalue weighted by Crippen LogP contribution is -2.23. The smallest absolute Gasteiger partial charge is 0.283 e. The Hall–Kier alpha value is -3.32. The van der Waals surface area contributed by atoms with Gasteiger partial charge in [-0.05, 0) is 44.2 Å². The molecule has 2 aromatic carbocycles. The maximum atomic E-state index is 13.2. The summed E-state index contributed by atoms with van der Waals surface area (Å²) in [6.45, 7) is 3.88. The molecule has 0 radical (unpaired) electrons. The van der Waals surface area contributed by atoms with Crippen LogP contribution in [0, 0.1) is 13.8 Å². The minimum atomic E-state index is -0.182. The van der Waals surface area contributed by atoms with Crippen LogP contribution in [0.5, 0.6) is 0 Å². The Balaban J connectivity index is 1.68. The maximum Gasteiger partial charge on any atom is 0.283 e. The Morgan fingerprint density at radius 3 is 2.55 bits per heavy atom. The van der Waals surface area contributed by atoms with E-state index in [1.54, 1.807) is 4.57 Å². The molecule has 0 atom stereocenters. The number of fused-ring (bicyclic) bond motifs is 1. The van der Waals surface area contributed by atoms with E-state index in [-0.39, 0.29) is 17.2 Å². The number of anilines is 1. The molecule has 6 nitrogen and oxygen atoms in total. The first-order valence-electron chi connectivity index (χ1n) is 9.18. The van der Waals surface area contributed by atoms with E-state index in [9.17, 15) is 9.59 Å². The number of carbonyl (C=O) groups excluding carboxylic acids is 1. The highest BCUT2D eigenvalue weighted by atomic mass is 32.2. The second kappa shape index (κ2) is 7.97. The van der Waals surface area contributed by atoms with Gasteiger partial charge in [0.1, 0.15) is 5.52 Å². The highest BCUT2D eigenvalue weighted by Gasteiger charge is 2.16. The molecule has 4 aromatic rings. The Morgan fingerprint density at radius 1 is 1.10 bits per heavy atom. The van der Waals surface area contributed by atoms with Crippen LogP contribution >= 0.6 is 11.8 Å². The third-order valence-corrected chi connectivity index (χ3v) is 5.38. The van der Waals surface area contributed by atoms with E-state index in [0.717, 1.165) is 16.9 Å². The van der Waals surface area contributed by atoms with Crippen LogP contribution in [0.15, 0.2) is 70.6 Å². The lowest BCUT2D eigenvalue weighted by molar-refractivity contribution is -0.113. The minimum absolute atomic E-state index is 0.141. The van der Waals surface area contributed by atoms with Gasteiger partial charge in [0.25, 0.3) is 5.56 Å². The normalized spacial score (nSPS) is 11.0. The summed E-state index contributed by atoms with van der Waals surface area (Å²) in [4.78, 5) is 33.3. The van der Waals surface area contributed by atoms with E-state index in [2.05, 4.69) is 15.3 Å². The second-order valence-electron chi connectivity index (χ2n) is 6.79. The summed E-state index contributed by atoms with van der Waals surface area (Å²) in [5.41, 5.74) is 4.29. The van der Waals surface area contributed by atoms with Gasteiger partial charge in [0.05, 0.1) is 17.0 Å². The summed E-state index contributed by atoms with van der Waals surface area (Å²) in [7, 11) is 0. The van der Waals surface area contributed by atoms with Crippen molar-refractivity contribution in [3.63, 3.8) is 0 Å². The van der Waals surface area contributed by atoms with Gasteiger partial charge in [-0.15, -0.1) is 0 Å². The van der Waals surface area contributed by atoms with Crippen LogP contribution in [0.1, 0.15) is 11.3 Å². The van der Waals surface area contributed by atoms with Crippen molar-refractivity contribution < 1.29 is 4.79 Å². The molecule has 4 rings (SSSR count). The van der Waals surface area contributed by atoms with Gasteiger partial charge >= 0.3 is 0 Å². The minimum Gasteiger partial charge on any atom is -0.353 e. The summed E-state index contributed by atoms with van der Waals surface area (Å²) in [6, 6.07) is 18.8. The lowest BCUT2D eigenvalue weighted by Gasteiger charge is -2.12. The van der Waals surface area contributed by atoms with Gasteiger partial charge in [0.15, 0.2) is 5.16 Å². The molecule has 146 valence electrons. The third kappa shape index (κ3) is 4.09. The average Bonchev–Trinajstić information content (AvgIpc) is 3.09. The van der Waals surface area contributed by atoms with Crippen LogP contribution in [0.4, 0.5) is 5.69 Å². The number of thioether (sulfide) groups is 1. The van der Waals surface area contributed by atoms with Gasteiger partial charge in [0, 0.05) is 11.4 Å². The molecule has 0 aliphatic heterocycles. The molecular formula is C22H20N4O2S. The summed E-state index contributed by atoms with van der Waals surface area (Å²) < 4.78 is 1.55. The molecule has 0 aliphatic rings. The van der Waals surface area contributed by atoms with Crippen LogP contribution in [-0.4, -0.2) is 26.2 Å². The average molecular weight is 404 g/mol. The number of H-pyrrole nitrogens is 1. The zero-order valence-electron chi connectivity index (χ0n) is 16.1. The fourth-order valence-corrected chi connectivity index (χ4v) is 3.86. The quantitative estimate of drug-likeness (QED) is 0.388. The van der Waals surface area contributed by atoms with Gasteiger partial charge in [0.2, 0.25) is 5.91 Å². The summed E-state index contributed by atoms with van der Waals surface area (Å²) in [6.07, 6.45) is 0. The van der Waals surface area contributed by atoms with Crippen molar-refractivity contribution in [1.82, 2.24) is 14.5 Å². The van der Waals surface area contributed by atoms with E-state index in [0.29, 0.717) is 21.9 Å². The number of carbonyl (C=O) groups is 1. The Morgan fingerprint density at radius 2 is 1.83 bits per heavy atom. The number of aromatic nitrogens is 3. The van der Waals surface area contributed by atoms with Gasteiger partial charge in [-0.2, -0.15) is 0 Å². The SMILES string of the molecule is Cc1ccc(-n2c(SCC(=O)Nc3ccccc3)nc3cc(C)[nH]c3c2=O)cc1. The topological polar surface area (TPSA) is 79.8 Å². The predicted molar refractivity (Wildman–Crippen MR) is 117 cm³/mol. The van der Waals surface area contributed by atoms with E-state index >= 15 is 0 Å². The molecule has 0 unspecified atom stereocenters. The number of hydrogen-bond acceptors (Lipinski definition) is 4. The first-order valence-corrected chi connectivity index (χ1v) is 10.2. The second-order valence-corrected chi connectivity index (χ2v) is 7.73. The fourth-order valence-electron chi connectivity index (χ4n) is 3.04. The predicted octanol–water partition coefficient (Wildman–Crippen LogP) is 4.06. The lowest BCUT2D eigenvalue weighted by atomic mass is 10.2. The number of para-hydroxylation sites is 1. The monoisotopic (exact) mass is 404 g/mol. The summed E-state index contributed by atoms with van der Waals surface area (Å²) in [5, 5.41) is 3.33. The number of amides is 1. The highest BCUT2D eigenvalue weighted by Crippen LogP contribution is 2.22. The van der Waals surface area contributed by atoms with Crippen molar-refractivity contribution in [2.45, 2.75) is 19.0 Å². The number of nitrogens with zero attached hydrogens (tertiary/aromatic N) is 2. The van der Waals surface area contributed by atoms with Gasteiger partial charge in [-0.1, -0.05) is 47.7 Å². The first kappa shape index (κ1) is 19.0. The number of aryl methyl sites for hydroxylation is 2. The number of aromatic amines is 1. The van der Waals surface area contributed by atoms with E-state index in [4.69, 9.17) is 0 Å². The van der Waals surface area contributed by atoms with Gasteiger partial charge in [-0.3, -0.25) is 14.2 Å². The Kier molecular flexibility index (Phi) is 5.22. The van der Waals surface area contributed by atoms with Crippen LogP contribution in [-0.2, 0) is 4.79 Å². The van der Waals surface area contributed by atoms with Crippen LogP contribution in [0.3, 0.4) is 0 Å². The number of benzene rings is 2. The first-order chi connectivity index (χ1) is 14.0. The highest BCUT2D eigenvalue weighted by molar-refractivity contribution is 7.99. The fraction of sp³-hybridized carbons (Fsp3) is 0.136. The third-order valence-electron chi connectivity index (χ3n) is 4.44. The van der Waals surface area contributed by atoms with Gasteiger partial charge in [-0.25, -0.2) is 4.98 Å². The Bertz CT molecular complexity index is 1230. The van der Waals surface area contributed by atoms with Crippen LogP contribution in [0.2, 0.25) is 0 Å². The van der Waals surface area contributed by atoms with Crippen molar-refractivity contribution in [1.29, 1.82) is 0 Å². The molecule has 1 amide bonds. The number of nitrogens with one attached hydrogen (secondary N) is 2.